The van der Waals surface area contributed by atoms with E-state index in [-0.39, 0.29) is 0 Å². The largest absolute Gasteiger partial charge is 0.468 e. The predicted molar refractivity (Wildman–Crippen MR) is 65.4 cm³/mol. The highest BCUT2D eigenvalue weighted by Crippen LogP contribution is 2.17. The highest BCUT2D eigenvalue weighted by molar-refractivity contribution is 5.03. The van der Waals surface area contributed by atoms with Gasteiger partial charge in [0.2, 0.25) is 0 Å². The first-order chi connectivity index (χ1) is 7.79. The Labute approximate surface area is 97.8 Å². The molecule has 0 aromatic carbocycles. The van der Waals surface area contributed by atoms with E-state index >= 15 is 0 Å². The van der Waals surface area contributed by atoms with Crippen LogP contribution in [0.2, 0.25) is 0 Å². The van der Waals surface area contributed by atoms with Crippen molar-refractivity contribution in [2.45, 2.75) is 38.8 Å². The number of hydrogen-bond donors (Lipinski definition) is 1. The SMILES string of the molecule is CCN1CCC(NC(C)c2ccco2)CC1. The predicted octanol–water partition coefficient (Wildman–Crippen LogP) is 2.41. The third-order valence-electron chi connectivity index (χ3n) is 3.49. The second-order valence-electron chi connectivity index (χ2n) is 4.61. The summed E-state index contributed by atoms with van der Waals surface area (Å²) in [5.41, 5.74) is 0. The first-order valence-corrected chi connectivity index (χ1v) is 6.31. The molecule has 3 nitrogen and oxygen atoms in total. The van der Waals surface area contributed by atoms with Gasteiger partial charge in [-0.25, -0.2) is 0 Å². The summed E-state index contributed by atoms with van der Waals surface area (Å²) in [5, 5.41) is 3.65. The summed E-state index contributed by atoms with van der Waals surface area (Å²) in [6, 6.07) is 4.96. The fourth-order valence-corrected chi connectivity index (χ4v) is 2.39. The van der Waals surface area contributed by atoms with E-state index in [9.17, 15) is 0 Å². The van der Waals surface area contributed by atoms with Crippen molar-refractivity contribution in [2.24, 2.45) is 0 Å². The number of hydrogen-bond acceptors (Lipinski definition) is 3. The minimum absolute atomic E-state index is 0.327. The Morgan fingerprint density at radius 1 is 1.50 bits per heavy atom. The monoisotopic (exact) mass is 222 g/mol. The molecule has 2 rings (SSSR count). The van der Waals surface area contributed by atoms with Gasteiger partial charge in [-0.2, -0.15) is 0 Å². The van der Waals surface area contributed by atoms with Crippen LogP contribution in [-0.2, 0) is 0 Å². The molecule has 0 bridgehead atoms. The van der Waals surface area contributed by atoms with Crippen LogP contribution in [0.5, 0.6) is 0 Å². The average molecular weight is 222 g/mol. The van der Waals surface area contributed by atoms with Crippen molar-refractivity contribution in [3.8, 4) is 0 Å². The summed E-state index contributed by atoms with van der Waals surface area (Å²) in [7, 11) is 0. The van der Waals surface area contributed by atoms with E-state index in [1.54, 1.807) is 6.26 Å². The van der Waals surface area contributed by atoms with E-state index in [4.69, 9.17) is 4.42 Å². The number of piperidine rings is 1. The summed E-state index contributed by atoms with van der Waals surface area (Å²) >= 11 is 0. The van der Waals surface area contributed by atoms with E-state index in [2.05, 4.69) is 24.1 Å². The van der Waals surface area contributed by atoms with Crippen molar-refractivity contribution in [2.75, 3.05) is 19.6 Å². The van der Waals surface area contributed by atoms with Crippen molar-refractivity contribution < 1.29 is 4.42 Å². The fourth-order valence-electron chi connectivity index (χ4n) is 2.39. The summed E-state index contributed by atoms with van der Waals surface area (Å²) in [6.45, 7) is 8.03. The highest BCUT2D eigenvalue weighted by atomic mass is 16.3. The first kappa shape index (κ1) is 11.7. The average Bonchev–Trinajstić information content (AvgIpc) is 2.83. The molecule has 1 aromatic rings. The lowest BCUT2D eigenvalue weighted by Gasteiger charge is -2.32. The van der Waals surface area contributed by atoms with Crippen LogP contribution < -0.4 is 5.32 Å². The van der Waals surface area contributed by atoms with Gasteiger partial charge in [-0.3, -0.25) is 0 Å². The molecule has 1 saturated heterocycles. The molecule has 0 aliphatic carbocycles. The normalized spacial score (nSPS) is 21.1. The molecule has 0 amide bonds. The van der Waals surface area contributed by atoms with Crippen LogP contribution in [0.25, 0.3) is 0 Å². The maximum atomic E-state index is 5.41. The summed E-state index contributed by atoms with van der Waals surface area (Å²) in [4.78, 5) is 2.51. The van der Waals surface area contributed by atoms with Gasteiger partial charge in [0.15, 0.2) is 0 Å². The van der Waals surface area contributed by atoms with E-state index < -0.39 is 0 Å². The van der Waals surface area contributed by atoms with Crippen molar-refractivity contribution in [1.82, 2.24) is 10.2 Å². The quantitative estimate of drug-likeness (QED) is 0.848. The van der Waals surface area contributed by atoms with Crippen LogP contribution in [0.1, 0.15) is 38.5 Å². The molecule has 1 fully saturated rings. The molecule has 90 valence electrons. The number of nitrogens with zero attached hydrogens (tertiary/aromatic N) is 1. The van der Waals surface area contributed by atoms with Crippen molar-refractivity contribution in [3.05, 3.63) is 24.2 Å². The Morgan fingerprint density at radius 2 is 2.25 bits per heavy atom. The van der Waals surface area contributed by atoms with Gasteiger partial charge in [-0.15, -0.1) is 0 Å². The molecule has 1 aliphatic rings. The molecular formula is C13H22N2O. The van der Waals surface area contributed by atoms with Gasteiger partial charge in [0, 0.05) is 6.04 Å². The lowest BCUT2D eigenvalue weighted by Crippen LogP contribution is -2.43. The Hall–Kier alpha value is -0.800. The van der Waals surface area contributed by atoms with E-state index in [0.29, 0.717) is 12.1 Å². The van der Waals surface area contributed by atoms with Crippen LogP contribution in [0, 0.1) is 0 Å². The number of furan rings is 1. The number of likely N-dealkylation sites (tertiary alicyclic amines) is 1. The van der Waals surface area contributed by atoms with Crippen molar-refractivity contribution in [1.29, 1.82) is 0 Å². The third-order valence-corrected chi connectivity index (χ3v) is 3.49. The van der Waals surface area contributed by atoms with Gasteiger partial charge in [0.1, 0.15) is 5.76 Å². The fraction of sp³-hybridized carbons (Fsp3) is 0.692. The van der Waals surface area contributed by atoms with Crippen molar-refractivity contribution in [3.63, 3.8) is 0 Å². The first-order valence-electron chi connectivity index (χ1n) is 6.31. The smallest absolute Gasteiger partial charge is 0.120 e. The molecule has 3 heteroatoms. The molecule has 1 aromatic heterocycles. The van der Waals surface area contributed by atoms with Gasteiger partial charge in [-0.1, -0.05) is 6.92 Å². The zero-order chi connectivity index (χ0) is 11.4. The highest BCUT2D eigenvalue weighted by Gasteiger charge is 2.20. The summed E-state index contributed by atoms with van der Waals surface area (Å²) < 4.78 is 5.41. The molecule has 1 unspecified atom stereocenters. The van der Waals surface area contributed by atoms with Crippen LogP contribution in [0.3, 0.4) is 0 Å². The molecule has 1 atom stereocenters. The summed E-state index contributed by atoms with van der Waals surface area (Å²) in [6.07, 6.45) is 4.24. The molecule has 0 radical (unpaired) electrons. The van der Waals surface area contributed by atoms with Crippen molar-refractivity contribution >= 4 is 0 Å². The van der Waals surface area contributed by atoms with Gasteiger partial charge in [0.25, 0.3) is 0 Å². The standard InChI is InChI=1S/C13H22N2O/c1-3-15-8-6-12(7-9-15)14-11(2)13-5-4-10-16-13/h4-5,10-12,14H,3,6-9H2,1-2H3. The lowest BCUT2D eigenvalue weighted by molar-refractivity contribution is 0.197. The Balaban J connectivity index is 1.78. The molecule has 0 saturated carbocycles. The number of rotatable bonds is 4. The van der Waals surface area contributed by atoms with E-state index in [1.807, 2.05) is 12.1 Å². The maximum Gasteiger partial charge on any atom is 0.120 e. The second kappa shape index (κ2) is 5.51. The zero-order valence-electron chi connectivity index (χ0n) is 10.3. The second-order valence-corrected chi connectivity index (χ2v) is 4.61. The Kier molecular flexibility index (Phi) is 4.02. The van der Waals surface area contributed by atoms with Crippen LogP contribution in [0.15, 0.2) is 22.8 Å². The third kappa shape index (κ3) is 2.86. The number of nitrogens with one attached hydrogen (secondary N) is 1. The van der Waals surface area contributed by atoms with Gasteiger partial charge in [-0.05, 0) is 51.5 Å². The molecule has 1 aliphatic heterocycles. The van der Waals surface area contributed by atoms with Gasteiger partial charge < -0.3 is 14.6 Å². The van der Waals surface area contributed by atoms with Crippen LogP contribution >= 0.6 is 0 Å². The molecule has 16 heavy (non-hydrogen) atoms. The minimum atomic E-state index is 0.327. The molecule has 1 N–H and O–H groups in total. The van der Waals surface area contributed by atoms with Crippen LogP contribution in [-0.4, -0.2) is 30.6 Å². The minimum Gasteiger partial charge on any atom is -0.468 e. The van der Waals surface area contributed by atoms with Gasteiger partial charge >= 0.3 is 0 Å². The van der Waals surface area contributed by atoms with Gasteiger partial charge in [0.05, 0.1) is 12.3 Å². The molecular weight excluding hydrogens is 200 g/mol. The molecule has 2 heterocycles. The van der Waals surface area contributed by atoms with Crippen LogP contribution in [0.4, 0.5) is 0 Å². The summed E-state index contributed by atoms with van der Waals surface area (Å²) in [5.74, 6) is 1.04. The Bertz CT molecular complexity index is 289. The van der Waals surface area contributed by atoms with E-state index in [0.717, 1.165) is 5.76 Å². The maximum absolute atomic E-state index is 5.41. The molecule has 0 spiro atoms. The lowest BCUT2D eigenvalue weighted by atomic mass is 10.0. The van der Waals surface area contributed by atoms with E-state index in [1.165, 1.54) is 32.5 Å². The topological polar surface area (TPSA) is 28.4 Å². The zero-order valence-corrected chi connectivity index (χ0v) is 10.3. The Morgan fingerprint density at radius 3 is 2.81 bits per heavy atom.